The van der Waals surface area contributed by atoms with Crippen molar-refractivity contribution in [2.24, 2.45) is 0 Å². The molecular weight excluding hydrogens is 228 g/mol. The number of hydrogen-bond donors (Lipinski definition) is 0. The molecule has 0 atom stereocenters. The highest BCUT2D eigenvalue weighted by Gasteiger charge is 2.11. The minimum absolute atomic E-state index is 0.367. The Labute approximate surface area is 105 Å². The molecule has 0 aliphatic carbocycles. The molecule has 0 spiro atoms. The Morgan fingerprint density at radius 3 is 2.22 bits per heavy atom. The first-order chi connectivity index (χ1) is 8.81. The molecule has 0 unspecified atom stereocenters. The zero-order valence-corrected chi connectivity index (χ0v) is 9.71. The Bertz CT molecular complexity index is 547. The lowest BCUT2D eigenvalue weighted by Gasteiger charge is -2.08. The molecule has 18 heavy (non-hydrogen) atoms. The predicted molar refractivity (Wildman–Crippen MR) is 68.7 cm³/mol. The number of rotatable bonds is 4. The number of para-hydroxylation sites is 2. The van der Waals surface area contributed by atoms with Gasteiger partial charge in [-0.25, -0.2) is 4.79 Å². The summed E-state index contributed by atoms with van der Waals surface area (Å²) in [5.74, 6) is 0.402. The second-order valence-electron chi connectivity index (χ2n) is 3.49. The van der Waals surface area contributed by atoms with Crippen LogP contribution < -0.4 is 9.47 Å². The summed E-state index contributed by atoms with van der Waals surface area (Å²) in [6, 6.07) is 15.7. The number of ether oxygens (including phenoxy) is 2. The quantitative estimate of drug-likeness (QED) is 0.466. The normalized spacial score (nSPS) is 9.56. The van der Waals surface area contributed by atoms with Gasteiger partial charge in [0, 0.05) is 0 Å². The van der Waals surface area contributed by atoms with E-state index in [2.05, 4.69) is 6.58 Å². The first-order valence-corrected chi connectivity index (χ1v) is 5.45. The van der Waals surface area contributed by atoms with Crippen LogP contribution in [0.2, 0.25) is 0 Å². The first kappa shape index (κ1) is 11.9. The van der Waals surface area contributed by atoms with Crippen LogP contribution in [0.3, 0.4) is 0 Å². The van der Waals surface area contributed by atoms with E-state index in [0.717, 1.165) is 0 Å². The zero-order chi connectivity index (χ0) is 12.8. The van der Waals surface area contributed by atoms with Crippen LogP contribution in [0.25, 0.3) is 0 Å². The summed E-state index contributed by atoms with van der Waals surface area (Å²) in [6.45, 7) is 3.47. The lowest BCUT2D eigenvalue weighted by molar-refractivity contribution is 0.0730. The Balaban J connectivity index is 2.19. The molecule has 0 saturated carbocycles. The van der Waals surface area contributed by atoms with Crippen molar-refractivity contribution in [3.05, 3.63) is 73.0 Å². The van der Waals surface area contributed by atoms with Crippen LogP contribution in [0.4, 0.5) is 0 Å². The molecule has 3 nitrogen and oxygen atoms in total. The van der Waals surface area contributed by atoms with Gasteiger partial charge in [-0.05, 0) is 24.3 Å². The molecule has 0 aliphatic rings. The van der Waals surface area contributed by atoms with Gasteiger partial charge in [0.2, 0.25) is 0 Å². The summed E-state index contributed by atoms with van der Waals surface area (Å²) in [7, 11) is 0. The molecule has 0 bridgehead atoms. The predicted octanol–water partition coefficient (Wildman–Crippen LogP) is 3.43. The maximum absolute atomic E-state index is 11.9. The number of hydrogen-bond acceptors (Lipinski definition) is 3. The van der Waals surface area contributed by atoms with Crippen molar-refractivity contribution in [2.75, 3.05) is 0 Å². The molecular formula is C15H12O3. The van der Waals surface area contributed by atoms with Crippen LogP contribution in [-0.2, 0) is 0 Å². The molecule has 0 N–H and O–H groups in total. The van der Waals surface area contributed by atoms with Crippen LogP contribution >= 0.6 is 0 Å². The smallest absolute Gasteiger partial charge is 0.343 e. The molecule has 0 aliphatic heterocycles. The minimum atomic E-state index is -0.421. The summed E-state index contributed by atoms with van der Waals surface area (Å²) in [5.41, 5.74) is 0.492. The third-order valence-corrected chi connectivity index (χ3v) is 2.27. The molecule has 0 heterocycles. The lowest BCUT2D eigenvalue weighted by atomic mass is 10.2. The standard InChI is InChI=1S/C15H12O3/c1-2-17-13-10-6-7-11-14(13)18-15(16)12-8-4-3-5-9-12/h2-11H,1H2. The van der Waals surface area contributed by atoms with Crippen LogP contribution in [-0.4, -0.2) is 5.97 Å². The van der Waals surface area contributed by atoms with E-state index in [-0.39, 0.29) is 0 Å². The minimum Gasteiger partial charge on any atom is -0.462 e. The molecule has 2 rings (SSSR count). The van der Waals surface area contributed by atoms with Gasteiger partial charge in [0.05, 0.1) is 11.8 Å². The van der Waals surface area contributed by atoms with Gasteiger partial charge < -0.3 is 9.47 Å². The average molecular weight is 240 g/mol. The van der Waals surface area contributed by atoms with E-state index in [1.165, 1.54) is 6.26 Å². The Hall–Kier alpha value is -2.55. The average Bonchev–Trinajstić information content (AvgIpc) is 2.42. The van der Waals surface area contributed by atoms with E-state index in [1.807, 2.05) is 6.07 Å². The fraction of sp³-hybridized carbons (Fsp3) is 0. The summed E-state index contributed by atoms with van der Waals surface area (Å²) in [6.07, 6.45) is 1.29. The third kappa shape index (κ3) is 2.77. The number of carbonyl (C=O) groups excluding carboxylic acids is 1. The van der Waals surface area contributed by atoms with Crippen molar-refractivity contribution in [1.29, 1.82) is 0 Å². The largest absolute Gasteiger partial charge is 0.462 e. The number of esters is 1. The van der Waals surface area contributed by atoms with Gasteiger partial charge in [-0.2, -0.15) is 0 Å². The van der Waals surface area contributed by atoms with Crippen molar-refractivity contribution in [2.45, 2.75) is 0 Å². The van der Waals surface area contributed by atoms with E-state index >= 15 is 0 Å². The highest BCUT2D eigenvalue weighted by atomic mass is 16.6. The monoisotopic (exact) mass is 240 g/mol. The van der Waals surface area contributed by atoms with Gasteiger partial charge in [-0.3, -0.25) is 0 Å². The molecule has 0 amide bonds. The highest BCUT2D eigenvalue weighted by Crippen LogP contribution is 2.27. The molecule has 2 aromatic rings. The number of carbonyl (C=O) groups is 1. The van der Waals surface area contributed by atoms with Gasteiger partial charge in [-0.15, -0.1) is 0 Å². The highest BCUT2D eigenvalue weighted by molar-refractivity contribution is 5.91. The first-order valence-electron chi connectivity index (χ1n) is 5.45. The van der Waals surface area contributed by atoms with E-state index in [9.17, 15) is 4.79 Å². The summed E-state index contributed by atoms with van der Waals surface area (Å²) in [4.78, 5) is 11.9. The third-order valence-electron chi connectivity index (χ3n) is 2.27. The molecule has 0 radical (unpaired) electrons. The van der Waals surface area contributed by atoms with E-state index in [0.29, 0.717) is 17.1 Å². The summed E-state index contributed by atoms with van der Waals surface area (Å²) >= 11 is 0. The molecule has 0 aromatic heterocycles. The van der Waals surface area contributed by atoms with Crippen molar-refractivity contribution in [1.82, 2.24) is 0 Å². The fourth-order valence-electron chi connectivity index (χ4n) is 1.45. The van der Waals surface area contributed by atoms with Crippen LogP contribution in [0.15, 0.2) is 67.4 Å². The zero-order valence-electron chi connectivity index (χ0n) is 9.71. The summed E-state index contributed by atoms with van der Waals surface area (Å²) in [5, 5.41) is 0. The second-order valence-corrected chi connectivity index (χ2v) is 3.49. The SMILES string of the molecule is C=COc1ccccc1OC(=O)c1ccccc1. The van der Waals surface area contributed by atoms with Crippen LogP contribution in [0, 0.1) is 0 Å². The van der Waals surface area contributed by atoms with Gasteiger partial charge in [0.15, 0.2) is 11.5 Å². The maximum atomic E-state index is 11.9. The summed E-state index contributed by atoms with van der Waals surface area (Å²) < 4.78 is 10.4. The van der Waals surface area contributed by atoms with Crippen molar-refractivity contribution < 1.29 is 14.3 Å². The topological polar surface area (TPSA) is 35.5 Å². The van der Waals surface area contributed by atoms with E-state index < -0.39 is 5.97 Å². The van der Waals surface area contributed by atoms with Gasteiger partial charge in [0.25, 0.3) is 0 Å². The van der Waals surface area contributed by atoms with Crippen LogP contribution in [0.5, 0.6) is 11.5 Å². The Kier molecular flexibility index (Phi) is 3.76. The van der Waals surface area contributed by atoms with Gasteiger partial charge in [0.1, 0.15) is 0 Å². The fourth-order valence-corrected chi connectivity index (χ4v) is 1.45. The maximum Gasteiger partial charge on any atom is 0.343 e. The molecule has 0 saturated heterocycles. The van der Waals surface area contributed by atoms with E-state index in [1.54, 1.807) is 48.5 Å². The van der Waals surface area contributed by atoms with Crippen molar-refractivity contribution >= 4 is 5.97 Å². The lowest BCUT2D eigenvalue weighted by Crippen LogP contribution is -2.08. The van der Waals surface area contributed by atoms with Gasteiger partial charge >= 0.3 is 5.97 Å². The number of benzene rings is 2. The molecule has 2 aromatic carbocycles. The van der Waals surface area contributed by atoms with Crippen molar-refractivity contribution in [3.63, 3.8) is 0 Å². The van der Waals surface area contributed by atoms with Crippen molar-refractivity contribution in [3.8, 4) is 11.5 Å². The second kappa shape index (κ2) is 5.68. The molecule has 3 heteroatoms. The Morgan fingerprint density at radius 1 is 0.944 bits per heavy atom. The van der Waals surface area contributed by atoms with E-state index in [4.69, 9.17) is 9.47 Å². The Morgan fingerprint density at radius 2 is 1.56 bits per heavy atom. The molecule has 90 valence electrons. The van der Waals surface area contributed by atoms with Gasteiger partial charge in [-0.1, -0.05) is 36.9 Å². The van der Waals surface area contributed by atoms with Crippen LogP contribution in [0.1, 0.15) is 10.4 Å². The molecule has 0 fully saturated rings.